The average Bonchev–Trinajstić information content (AvgIpc) is 2.84. The van der Waals surface area contributed by atoms with Gasteiger partial charge in [-0.25, -0.2) is 4.39 Å². The van der Waals surface area contributed by atoms with Crippen LogP contribution in [0, 0.1) is 17.1 Å². The van der Waals surface area contributed by atoms with Crippen LogP contribution in [0.3, 0.4) is 0 Å². The molecule has 98 valence electrons. The molecule has 1 aromatic heterocycles. The molecule has 0 N–H and O–H groups in total. The van der Waals surface area contributed by atoms with Crippen LogP contribution in [0.25, 0.3) is 10.9 Å². The van der Waals surface area contributed by atoms with Crippen LogP contribution >= 0.6 is 11.6 Å². The summed E-state index contributed by atoms with van der Waals surface area (Å²) in [5, 5.41) is 10.8. The van der Waals surface area contributed by atoms with Gasteiger partial charge in [0.1, 0.15) is 5.82 Å². The Morgan fingerprint density at radius 3 is 2.85 bits per heavy atom. The molecule has 0 atom stereocenters. The Morgan fingerprint density at radius 1 is 1.20 bits per heavy atom. The van der Waals surface area contributed by atoms with Crippen LogP contribution in [-0.2, 0) is 6.54 Å². The van der Waals surface area contributed by atoms with Crippen molar-refractivity contribution in [1.29, 1.82) is 5.26 Å². The fraction of sp³-hybridized carbons (Fsp3) is 0.0625. The number of hydrogen-bond donors (Lipinski definition) is 0. The molecule has 3 aromatic rings. The lowest BCUT2D eigenvalue weighted by Gasteiger charge is -2.08. The van der Waals surface area contributed by atoms with Gasteiger partial charge in [-0.3, -0.25) is 0 Å². The number of fused-ring (bicyclic) bond motifs is 1. The van der Waals surface area contributed by atoms with Crippen molar-refractivity contribution in [1.82, 2.24) is 4.57 Å². The van der Waals surface area contributed by atoms with E-state index < -0.39 is 0 Å². The summed E-state index contributed by atoms with van der Waals surface area (Å²) in [4.78, 5) is 0. The molecule has 0 saturated heterocycles. The van der Waals surface area contributed by atoms with Crippen LogP contribution in [0.4, 0.5) is 4.39 Å². The molecule has 0 aliphatic heterocycles. The van der Waals surface area contributed by atoms with Gasteiger partial charge < -0.3 is 4.57 Å². The van der Waals surface area contributed by atoms with Gasteiger partial charge in [0.2, 0.25) is 0 Å². The summed E-state index contributed by atoms with van der Waals surface area (Å²) in [5.41, 5.74) is 2.01. The summed E-state index contributed by atoms with van der Waals surface area (Å²) in [6, 6.07) is 13.9. The summed E-state index contributed by atoms with van der Waals surface area (Å²) >= 11 is 6.21. The third kappa shape index (κ3) is 2.15. The van der Waals surface area contributed by atoms with Gasteiger partial charge in [-0.05, 0) is 35.9 Å². The maximum absolute atomic E-state index is 13.4. The number of hydrogen-bond acceptors (Lipinski definition) is 1. The normalized spacial score (nSPS) is 10.7. The molecular weight excluding hydrogens is 275 g/mol. The van der Waals surface area contributed by atoms with E-state index in [9.17, 15) is 4.39 Å². The molecule has 2 aromatic carbocycles. The fourth-order valence-corrected chi connectivity index (χ4v) is 2.62. The van der Waals surface area contributed by atoms with Gasteiger partial charge >= 0.3 is 0 Å². The van der Waals surface area contributed by atoms with Crippen LogP contribution < -0.4 is 0 Å². The summed E-state index contributed by atoms with van der Waals surface area (Å²) in [6.45, 7) is 0.411. The number of aromatic nitrogens is 1. The molecule has 0 aliphatic rings. The van der Waals surface area contributed by atoms with Crippen LogP contribution in [0.1, 0.15) is 11.1 Å². The van der Waals surface area contributed by atoms with Crippen LogP contribution in [0.5, 0.6) is 0 Å². The maximum atomic E-state index is 13.4. The van der Waals surface area contributed by atoms with Gasteiger partial charge in [-0.15, -0.1) is 0 Å². The molecule has 0 bridgehead atoms. The van der Waals surface area contributed by atoms with Crippen molar-refractivity contribution in [3.8, 4) is 6.07 Å². The number of benzene rings is 2. The molecule has 0 aliphatic carbocycles. The Balaban J connectivity index is 2.11. The molecule has 20 heavy (non-hydrogen) atoms. The van der Waals surface area contributed by atoms with Crippen LogP contribution in [-0.4, -0.2) is 4.57 Å². The monoisotopic (exact) mass is 284 g/mol. The van der Waals surface area contributed by atoms with Crippen molar-refractivity contribution in [3.63, 3.8) is 0 Å². The quantitative estimate of drug-likeness (QED) is 0.687. The largest absolute Gasteiger partial charge is 0.342 e. The smallest absolute Gasteiger partial charge is 0.123 e. The van der Waals surface area contributed by atoms with E-state index in [0.29, 0.717) is 22.7 Å². The minimum absolute atomic E-state index is 0.346. The predicted octanol–water partition coefficient (Wildman–Crippen LogP) is 4.35. The fourth-order valence-electron chi connectivity index (χ4n) is 2.33. The van der Waals surface area contributed by atoms with Crippen molar-refractivity contribution < 1.29 is 4.39 Å². The Kier molecular flexibility index (Phi) is 3.17. The van der Waals surface area contributed by atoms with Gasteiger partial charge in [-0.2, -0.15) is 5.26 Å². The van der Waals surface area contributed by atoms with E-state index in [2.05, 4.69) is 6.07 Å². The molecule has 0 amide bonds. The maximum Gasteiger partial charge on any atom is 0.123 e. The number of nitriles is 1. The highest BCUT2D eigenvalue weighted by Gasteiger charge is 2.09. The van der Waals surface area contributed by atoms with E-state index >= 15 is 0 Å². The second-order valence-electron chi connectivity index (χ2n) is 4.53. The first-order chi connectivity index (χ1) is 9.69. The third-order valence-electron chi connectivity index (χ3n) is 3.27. The van der Waals surface area contributed by atoms with Gasteiger partial charge in [0.25, 0.3) is 0 Å². The first kappa shape index (κ1) is 12.7. The minimum atomic E-state index is -0.346. The van der Waals surface area contributed by atoms with Gasteiger partial charge in [-0.1, -0.05) is 23.7 Å². The lowest BCUT2D eigenvalue weighted by molar-refractivity contribution is 0.623. The molecular formula is C16H10ClFN2. The Bertz CT molecular complexity index is 830. The number of halogens is 2. The first-order valence-electron chi connectivity index (χ1n) is 6.11. The second-order valence-corrected chi connectivity index (χ2v) is 4.94. The zero-order chi connectivity index (χ0) is 14.1. The van der Waals surface area contributed by atoms with E-state index in [1.54, 1.807) is 0 Å². The molecule has 1 heterocycles. The second kappa shape index (κ2) is 4.99. The SMILES string of the molecule is N#Cc1ccc(F)cc1Cn1ccc2cccc(Cl)c21. The highest BCUT2D eigenvalue weighted by Crippen LogP contribution is 2.25. The number of para-hydroxylation sites is 1. The summed E-state index contributed by atoms with van der Waals surface area (Å²) in [5.74, 6) is -0.346. The highest BCUT2D eigenvalue weighted by atomic mass is 35.5. The molecule has 0 saturated carbocycles. The zero-order valence-electron chi connectivity index (χ0n) is 10.5. The molecule has 0 spiro atoms. The first-order valence-corrected chi connectivity index (χ1v) is 6.49. The van der Waals surface area contributed by atoms with Crippen LogP contribution in [0.2, 0.25) is 5.02 Å². The molecule has 2 nitrogen and oxygen atoms in total. The standard InChI is InChI=1S/C16H10ClFN2/c17-15-3-1-2-11-6-7-20(16(11)15)10-13-8-14(18)5-4-12(13)9-19/h1-8H,10H2. The van der Waals surface area contributed by atoms with E-state index in [-0.39, 0.29) is 5.82 Å². The summed E-state index contributed by atoms with van der Waals surface area (Å²) in [7, 11) is 0. The zero-order valence-corrected chi connectivity index (χ0v) is 11.2. The van der Waals surface area contributed by atoms with E-state index in [0.717, 1.165) is 10.9 Å². The van der Waals surface area contributed by atoms with Crippen molar-refractivity contribution in [2.45, 2.75) is 6.54 Å². The van der Waals surface area contributed by atoms with Crippen molar-refractivity contribution in [2.24, 2.45) is 0 Å². The number of rotatable bonds is 2. The lowest BCUT2D eigenvalue weighted by Crippen LogP contribution is -2.01. The Hall–Kier alpha value is -2.31. The van der Waals surface area contributed by atoms with E-state index in [1.165, 1.54) is 18.2 Å². The van der Waals surface area contributed by atoms with E-state index in [1.807, 2.05) is 35.0 Å². The third-order valence-corrected chi connectivity index (χ3v) is 3.57. The van der Waals surface area contributed by atoms with Crippen LogP contribution in [0.15, 0.2) is 48.7 Å². The highest BCUT2D eigenvalue weighted by molar-refractivity contribution is 6.35. The van der Waals surface area contributed by atoms with Crippen molar-refractivity contribution in [3.05, 3.63) is 70.6 Å². The molecule has 3 rings (SSSR count). The van der Waals surface area contributed by atoms with Gasteiger partial charge in [0.15, 0.2) is 0 Å². The average molecular weight is 285 g/mol. The summed E-state index contributed by atoms with van der Waals surface area (Å²) in [6.07, 6.45) is 1.89. The molecule has 0 radical (unpaired) electrons. The summed E-state index contributed by atoms with van der Waals surface area (Å²) < 4.78 is 15.3. The topological polar surface area (TPSA) is 28.7 Å². The number of nitrogens with zero attached hydrogens (tertiary/aromatic N) is 2. The Labute approximate surface area is 120 Å². The lowest BCUT2D eigenvalue weighted by atomic mass is 10.1. The van der Waals surface area contributed by atoms with E-state index in [4.69, 9.17) is 16.9 Å². The van der Waals surface area contributed by atoms with Crippen molar-refractivity contribution in [2.75, 3.05) is 0 Å². The van der Waals surface area contributed by atoms with Crippen molar-refractivity contribution >= 4 is 22.5 Å². The minimum Gasteiger partial charge on any atom is -0.342 e. The molecule has 0 unspecified atom stereocenters. The Morgan fingerprint density at radius 2 is 2.05 bits per heavy atom. The predicted molar refractivity (Wildman–Crippen MR) is 77.2 cm³/mol. The van der Waals surface area contributed by atoms with Gasteiger partial charge in [0.05, 0.1) is 22.2 Å². The molecule has 4 heteroatoms. The molecule has 0 fully saturated rings. The van der Waals surface area contributed by atoms with Gasteiger partial charge in [0, 0.05) is 18.1 Å².